The highest BCUT2D eigenvalue weighted by molar-refractivity contribution is 4.86. The molecule has 0 fully saturated rings. The van der Waals surface area contributed by atoms with E-state index in [0.717, 1.165) is 5.69 Å². The van der Waals surface area contributed by atoms with Crippen molar-refractivity contribution in [2.24, 2.45) is 0 Å². The standard InChI is InChI=1S/C7H12FN3O2/c8-1-2-12-3-4-13-6-7-5-9-11-10-7/h5H,1-4,6H2,(H,9,10,11). The lowest BCUT2D eigenvalue weighted by molar-refractivity contribution is 0.0351. The van der Waals surface area contributed by atoms with Gasteiger partial charge in [0.05, 0.1) is 32.6 Å². The Kier molecular flexibility index (Phi) is 5.04. The van der Waals surface area contributed by atoms with Gasteiger partial charge in [-0.3, -0.25) is 0 Å². The fourth-order valence-corrected chi connectivity index (χ4v) is 0.746. The van der Waals surface area contributed by atoms with E-state index in [0.29, 0.717) is 19.8 Å². The monoisotopic (exact) mass is 189 g/mol. The smallest absolute Gasteiger partial charge is 0.113 e. The average molecular weight is 189 g/mol. The van der Waals surface area contributed by atoms with Crippen LogP contribution >= 0.6 is 0 Å². The molecule has 0 radical (unpaired) electrons. The molecule has 0 aliphatic rings. The van der Waals surface area contributed by atoms with Gasteiger partial charge in [-0.1, -0.05) is 0 Å². The predicted molar refractivity (Wildman–Crippen MR) is 42.8 cm³/mol. The van der Waals surface area contributed by atoms with Crippen LogP contribution in [0.25, 0.3) is 0 Å². The third-order valence-corrected chi connectivity index (χ3v) is 1.31. The second-order valence-corrected chi connectivity index (χ2v) is 2.32. The van der Waals surface area contributed by atoms with E-state index >= 15 is 0 Å². The fourth-order valence-electron chi connectivity index (χ4n) is 0.746. The number of H-pyrrole nitrogens is 1. The Hall–Kier alpha value is -1.01. The van der Waals surface area contributed by atoms with Gasteiger partial charge in [-0.25, -0.2) is 4.39 Å². The molecule has 0 aromatic carbocycles. The minimum absolute atomic E-state index is 0.132. The molecule has 1 aromatic rings. The highest BCUT2D eigenvalue weighted by Crippen LogP contribution is 1.91. The Labute approximate surface area is 75.2 Å². The van der Waals surface area contributed by atoms with Crippen molar-refractivity contribution in [3.05, 3.63) is 11.9 Å². The molecule has 6 heteroatoms. The number of nitrogens with one attached hydrogen (secondary N) is 1. The summed E-state index contributed by atoms with van der Waals surface area (Å²) in [6, 6.07) is 0. The summed E-state index contributed by atoms with van der Waals surface area (Å²) in [6.45, 7) is 0.917. The van der Waals surface area contributed by atoms with Gasteiger partial charge in [0.2, 0.25) is 0 Å². The van der Waals surface area contributed by atoms with Crippen molar-refractivity contribution < 1.29 is 13.9 Å². The molecule has 13 heavy (non-hydrogen) atoms. The number of halogens is 1. The van der Waals surface area contributed by atoms with Crippen LogP contribution in [-0.2, 0) is 16.1 Å². The minimum atomic E-state index is -0.455. The van der Waals surface area contributed by atoms with Gasteiger partial charge in [-0.15, -0.1) is 0 Å². The summed E-state index contributed by atoms with van der Waals surface area (Å²) in [5.41, 5.74) is 0.741. The lowest BCUT2D eigenvalue weighted by atomic mass is 10.5. The van der Waals surface area contributed by atoms with Crippen molar-refractivity contribution in [1.29, 1.82) is 0 Å². The SMILES string of the molecule is FCCOCCOCc1cn[nH]n1. The van der Waals surface area contributed by atoms with E-state index in [4.69, 9.17) is 9.47 Å². The zero-order chi connectivity index (χ0) is 9.36. The molecule has 1 aromatic heterocycles. The number of aromatic nitrogens is 3. The Morgan fingerprint density at radius 2 is 2.15 bits per heavy atom. The first-order valence-electron chi connectivity index (χ1n) is 3.99. The summed E-state index contributed by atoms with van der Waals surface area (Å²) < 4.78 is 21.6. The van der Waals surface area contributed by atoms with Crippen molar-refractivity contribution in [2.45, 2.75) is 6.61 Å². The number of hydrogen-bond acceptors (Lipinski definition) is 4. The second kappa shape index (κ2) is 6.50. The molecule has 0 amide bonds. The average Bonchev–Trinajstić information content (AvgIpc) is 2.63. The summed E-state index contributed by atoms with van der Waals surface area (Å²) in [4.78, 5) is 0. The normalized spacial score (nSPS) is 10.5. The van der Waals surface area contributed by atoms with E-state index in [9.17, 15) is 4.39 Å². The summed E-state index contributed by atoms with van der Waals surface area (Å²) >= 11 is 0. The lowest BCUT2D eigenvalue weighted by Gasteiger charge is -2.01. The zero-order valence-corrected chi connectivity index (χ0v) is 7.20. The van der Waals surface area contributed by atoms with E-state index in [1.165, 1.54) is 0 Å². The van der Waals surface area contributed by atoms with E-state index in [1.807, 2.05) is 0 Å². The van der Waals surface area contributed by atoms with Crippen molar-refractivity contribution in [3.8, 4) is 0 Å². The topological polar surface area (TPSA) is 60.0 Å². The quantitative estimate of drug-likeness (QED) is 0.627. The number of aromatic amines is 1. The zero-order valence-electron chi connectivity index (χ0n) is 7.20. The van der Waals surface area contributed by atoms with Gasteiger partial charge in [-0.2, -0.15) is 15.4 Å². The maximum absolute atomic E-state index is 11.5. The highest BCUT2D eigenvalue weighted by Gasteiger charge is 1.95. The molecular weight excluding hydrogens is 177 g/mol. The van der Waals surface area contributed by atoms with Crippen LogP contribution in [0, 0.1) is 0 Å². The first kappa shape index (κ1) is 10.1. The van der Waals surface area contributed by atoms with Crippen LogP contribution in [0.5, 0.6) is 0 Å². The third-order valence-electron chi connectivity index (χ3n) is 1.31. The summed E-state index contributed by atoms with van der Waals surface area (Å²) in [7, 11) is 0. The van der Waals surface area contributed by atoms with Crippen molar-refractivity contribution in [3.63, 3.8) is 0 Å². The highest BCUT2D eigenvalue weighted by atomic mass is 19.1. The van der Waals surface area contributed by atoms with E-state index in [-0.39, 0.29) is 6.61 Å². The van der Waals surface area contributed by atoms with Crippen LogP contribution in [0.1, 0.15) is 5.69 Å². The number of rotatable bonds is 7. The molecule has 5 nitrogen and oxygen atoms in total. The van der Waals surface area contributed by atoms with Gasteiger partial charge in [0.15, 0.2) is 0 Å². The molecule has 1 heterocycles. The first-order valence-corrected chi connectivity index (χ1v) is 3.99. The van der Waals surface area contributed by atoms with Crippen molar-refractivity contribution in [1.82, 2.24) is 15.4 Å². The lowest BCUT2D eigenvalue weighted by Crippen LogP contribution is -2.06. The molecule has 0 bridgehead atoms. The van der Waals surface area contributed by atoms with Gasteiger partial charge in [0.1, 0.15) is 12.4 Å². The molecular formula is C7H12FN3O2. The van der Waals surface area contributed by atoms with Crippen LogP contribution in [0.15, 0.2) is 6.20 Å². The Balaban J connectivity index is 1.90. The van der Waals surface area contributed by atoms with Crippen molar-refractivity contribution in [2.75, 3.05) is 26.5 Å². The van der Waals surface area contributed by atoms with E-state index in [1.54, 1.807) is 6.20 Å². The molecule has 0 aliphatic heterocycles. The Bertz CT molecular complexity index is 206. The molecule has 0 aliphatic carbocycles. The Morgan fingerprint density at radius 1 is 1.31 bits per heavy atom. The Morgan fingerprint density at radius 3 is 2.85 bits per heavy atom. The summed E-state index contributed by atoms with van der Waals surface area (Å²) in [5.74, 6) is 0. The van der Waals surface area contributed by atoms with Crippen LogP contribution < -0.4 is 0 Å². The van der Waals surface area contributed by atoms with Crippen LogP contribution in [0.3, 0.4) is 0 Å². The van der Waals surface area contributed by atoms with E-state index < -0.39 is 6.67 Å². The molecule has 0 atom stereocenters. The molecule has 74 valence electrons. The first-order chi connectivity index (χ1) is 6.43. The number of hydrogen-bond donors (Lipinski definition) is 1. The molecule has 0 spiro atoms. The number of nitrogens with zero attached hydrogens (tertiary/aromatic N) is 2. The largest absolute Gasteiger partial charge is 0.376 e. The maximum Gasteiger partial charge on any atom is 0.113 e. The third kappa shape index (κ3) is 4.54. The van der Waals surface area contributed by atoms with Gasteiger partial charge in [-0.05, 0) is 0 Å². The molecule has 1 rings (SSSR count). The fraction of sp³-hybridized carbons (Fsp3) is 0.714. The molecule has 0 unspecified atom stereocenters. The van der Waals surface area contributed by atoms with Gasteiger partial charge in [0.25, 0.3) is 0 Å². The van der Waals surface area contributed by atoms with E-state index in [2.05, 4.69) is 15.4 Å². The summed E-state index contributed by atoms with van der Waals surface area (Å²) in [6.07, 6.45) is 1.59. The number of alkyl halides is 1. The summed E-state index contributed by atoms with van der Waals surface area (Å²) in [5, 5.41) is 9.87. The number of ether oxygens (including phenoxy) is 2. The molecule has 0 saturated heterocycles. The van der Waals surface area contributed by atoms with Gasteiger partial charge >= 0.3 is 0 Å². The minimum Gasteiger partial charge on any atom is -0.376 e. The van der Waals surface area contributed by atoms with Crippen molar-refractivity contribution >= 4 is 0 Å². The molecule has 1 N–H and O–H groups in total. The second-order valence-electron chi connectivity index (χ2n) is 2.32. The van der Waals surface area contributed by atoms with Crippen LogP contribution in [0.2, 0.25) is 0 Å². The van der Waals surface area contributed by atoms with Gasteiger partial charge < -0.3 is 9.47 Å². The van der Waals surface area contributed by atoms with Crippen LogP contribution in [0.4, 0.5) is 4.39 Å². The maximum atomic E-state index is 11.5. The predicted octanol–water partition coefficient (Wildman–Crippen LogP) is 0.307. The van der Waals surface area contributed by atoms with Crippen LogP contribution in [-0.4, -0.2) is 41.9 Å². The van der Waals surface area contributed by atoms with Gasteiger partial charge in [0, 0.05) is 0 Å². The molecule has 0 saturated carbocycles.